The van der Waals surface area contributed by atoms with Gasteiger partial charge in [0, 0.05) is 36.1 Å². The molecule has 1 amide bonds. The summed E-state index contributed by atoms with van der Waals surface area (Å²) < 4.78 is 5.31. The monoisotopic (exact) mass is 420 g/mol. The summed E-state index contributed by atoms with van der Waals surface area (Å²) >= 11 is 5.90. The SMILES string of the molecule is CCNC(=NCCc1nc(-c2ccc(Cl)cc2)no1)N(C)CC(=O)NC(C)(C)C. The summed E-state index contributed by atoms with van der Waals surface area (Å²) in [5.41, 5.74) is 0.568. The topological polar surface area (TPSA) is 95.7 Å². The number of aliphatic imine (C=N–C) groups is 1. The lowest BCUT2D eigenvalue weighted by molar-refractivity contribution is -0.122. The standard InChI is InChI=1S/C20H29ClN6O2/c1-6-22-19(27(5)13-16(28)25-20(2,3)4)23-12-11-17-24-18(26-29-17)14-7-9-15(21)10-8-14/h7-10H,6,11-13H2,1-5H3,(H,22,23)(H,25,28). The van der Waals surface area contributed by atoms with Gasteiger partial charge in [-0.15, -0.1) is 0 Å². The summed E-state index contributed by atoms with van der Waals surface area (Å²) in [6, 6.07) is 7.25. The summed E-state index contributed by atoms with van der Waals surface area (Å²) in [5, 5.41) is 10.8. The number of hydrogen-bond donors (Lipinski definition) is 2. The van der Waals surface area contributed by atoms with Crippen LogP contribution in [0.4, 0.5) is 0 Å². The van der Waals surface area contributed by atoms with E-state index in [1.807, 2.05) is 46.9 Å². The lowest BCUT2D eigenvalue weighted by Crippen LogP contribution is -2.48. The number of amides is 1. The molecule has 1 aromatic carbocycles. The fourth-order valence-electron chi connectivity index (χ4n) is 2.55. The van der Waals surface area contributed by atoms with Crippen molar-refractivity contribution in [1.82, 2.24) is 25.7 Å². The Morgan fingerprint density at radius 1 is 1.28 bits per heavy atom. The summed E-state index contributed by atoms with van der Waals surface area (Å²) in [5.74, 6) is 1.61. The number of rotatable bonds is 7. The van der Waals surface area contributed by atoms with Gasteiger partial charge in [-0.1, -0.05) is 16.8 Å². The van der Waals surface area contributed by atoms with Gasteiger partial charge in [-0.25, -0.2) is 0 Å². The molecule has 0 saturated carbocycles. The number of carbonyl (C=O) groups excluding carboxylic acids is 1. The molecule has 0 radical (unpaired) electrons. The lowest BCUT2D eigenvalue weighted by atomic mass is 10.1. The van der Waals surface area contributed by atoms with E-state index in [1.54, 1.807) is 17.0 Å². The Morgan fingerprint density at radius 3 is 2.59 bits per heavy atom. The Bertz CT molecular complexity index is 826. The van der Waals surface area contributed by atoms with Gasteiger partial charge in [-0.2, -0.15) is 4.98 Å². The first kappa shape index (κ1) is 22.7. The van der Waals surface area contributed by atoms with Crippen LogP contribution in [0.25, 0.3) is 11.4 Å². The zero-order valence-electron chi connectivity index (χ0n) is 17.6. The number of carbonyl (C=O) groups is 1. The number of aromatic nitrogens is 2. The van der Waals surface area contributed by atoms with Crippen molar-refractivity contribution in [1.29, 1.82) is 0 Å². The fraction of sp³-hybridized carbons (Fsp3) is 0.500. The van der Waals surface area contributed by atoms with Crippen LogP contribution < -0.4 is 10.6 Å². The summed E-state index contributed by atoms with van der Waals surface area (Å²) in [7, 11) is 1.83. The van der Waals surface area contributed by atoms with E-state index in [4.69, 9.17) is 16.1 Å². The van der Waals surface area contributed by atoms with Crippen LogP contribution in [-0.2, 0) is 11.2 Å². The van der Waals surface area contributed by atoms with Gasteiger partial charge < -0.3 is 20.1 Å². The minimum atomic E-state index is -0.271. The van der Waals surface area contributed by atoms with Crippen molar-refractivity contribution >= 4 is 23.5 Å². The molecule has 29 heavy (non-hydrogen) atoms. The van der Waals surface area contributed by atoms with E-state index in [2.05, 4.69) is 25.8 Å². The second-order valence-electron chi connectivity index (χ2n) is 7.66. The Hall–Kier alpha value is -2.61. The van der Waals surface area contributed by atoms with E-state index in [-0.39, 0.29) is 18.0 Å². The molecule has 0 unspecified atom stereocenters. The smallest absolute Gasteiger partial charge is 0.240 e. The van der Waals surface area contributed by atoms with Gasteiger partial charge in [0.2, 0.25) is 17.6 Å². The first-order valence-electron chi connectivity index (χ1n) is 9.57. The van der Waals surface area contributed by atoms with E-state index < -0.39 is 0 Å². The average molecular weight is 421 g/mol. The number of hydrogen-bond acceptors (Lipinski definition) is 5. The molecule has 0 aliphatic heterocycles. The Labute approximate surface area is 176 Å². The van der Waals surface area contributed by atoms with Crippen LogP contribution in [0.2, 0.25) is 5.02 Å². The van der Waals surface area contributed by atoms with Crippen molar-refractivity contribution in [2.24, 2.45) is 4.99 Å². The number of nitrogens with one attached hydrogen (secondary N) is 2. The predicted molar refractivity (Wildman–Crippen MR) is 115 cm³/mol. The highest BCUT2D eigenvalue weighted by atomic mass is 35.5. The minimum Gasteiger partial charge on any atom is -0.357 e. The number of guanidine groups is 1. The Morgan fingerprint density at radius 2 is 1.97 bits per heavy atom. The molecule has 0 aliphatic carbocycles. The molecule has 0 fully saturated rings. The number of likely N-dealkylation sites (N-methyl/N-ethyl adjacent to an activating group) is 1. The zero-order chi connectivity index (χ0) is 21.4. The maximum Gasteiger partial charge on any atom is 0.240 e. The van der Waals surface area contributed by atoms with E-state index >= 15 is 0 Å². The van der Waals surface area contributed by atoms with Gasteiger partial charge in [-0.05, 0) is 52.0 Å². The van der Waals surface area contributed by atoms with E-state index in [0.717, 1.165) is 5.56 Å². The van der Waals surface area contributed by atoms with Gasteiger partial charge in [-0.3, -0.25) is 9.79 Å². The summed E-state index contributed by atoms with van der Waals surface area (Å²) in [6.45, 7) is 9.20. The second-order valence-corrected chi connectivity index (χ2v) is 8.09. The first-order valence-corrected chi connectivity index (χ1v) is 9.94. The molecule has 158 valence electrons. The fourth-order valence-corrected chi connectivity index (χ4v) is 2.67. The molecule has 2 rings (SSSR count). The molecule has 0 atom stereocenters. The van der Waals surface area contributed by atoms with Crippen LogP contribution >= 0.6 is 11.6 Å². The lowest BCUT2D eigenvalue weighted by Gasteiger charge is -2.25. The van der Waals surface area contributed by atoms with Gasteiger partial charge in [0.1, 0.15) is 0 Å². The highest BCUT2D eigenvalue weighted by Gasteiger charge is 2.17. The third-order valence-corrected chi connectivity index (χ3v) is 4.00. The van der Waals surface area contributed by atoms with Gasteiger partial charge in [0.05, 0.1) is 13.1 Å². The maximum absolute atomic E-state index is 12.2. The molecule has 1 aromatic heterocycles. The molecule has 0 spiro atoms. The van der Waals surface area contributed by atoms with E-state index in [0.29, 0.717) is 42.2 Å². The molecule has 2 N–H and O–H groups in total. The van der Waals surface area contributed by atoms with Crippen molar-refractivity contribution < 1.29 is 9.32 Å². The predicted octanol–water partition coefficient (Wildman–Crippen LogP) is 2.74. The molecule has 8 nitrogen and oxygen atoms in total. The molecule has 9 heteroatoms. The maximum atomic E-state index is 12.2. The third kappa shape index (κ3) is 7.73. The number of nitrogens with zero attached hydrogens (tertiary/aromatic N) is 4. The van der Waals surface area contributed by atoms with Crippen molar-refractivity contribution in [2.75, 3.05) is 26.7 Å². The van der Waals surface area contributed by atoms with Crippen LogP contribution in [0.1, 0.15) is 33.6 Å². The molecular formula is C20H29ClN6O2. The molecule has 0 bridgehead atoms. The molecule has 0 saturated heterocycles. The van der Waals surface area contributed by atoms with Gasteiger partial charge in [0.25, 0.3) is 0 Å². The molecule has 2 aromatic rings. The van der Waals surface area contributed by atoms with Crippen LogP contribution in [0.3, 0.4) is 0 Å². The van der Waals surface area contributed by atoms with Crippen molar-refractivity contribution in [3.63, 3.8) is 0 Å². The Balaban J connectivity index is 1.94. The number of halogens is 1. The van der Waals surface area contributed by atoms with Crippen LogP contribution in [0.15, 0.2) is 33.8 Å². The van der Waals surface area contributed by atoms with E-state index in [1.165, 1.54) is 0 Å². The van der Waals surface area contributed by atoms with Gasteiger partial charge >= 0.3 is 0 Å². The van der Waals surface area contributed by atoms with Crippen LogP contribution in [0, 0.1) is 0 Å². The summed E-state index contributed by atoms with van der Waals surface area (Å²) in [6.07, 6.45) is 0.498. The quantitative estimate of drug-likeness (QED) is 0.528. The average Bonchev–Trinajstić information content (AvgIpc) is 3.08. The van der Waals surface area contributed by atoms with E-state index in [9.17, 15) is 4.79 Å². The zero-order valence-corrected chi connectivity index (χ0v) is 18.4. The van der Waals surface area contributed by atoms with Crippen molar-refractivity contribution in [2.45, 2.75) is 39.7 Å². The second kappa shape index (κ2) is 10.2. The van der Waals surface area contributed by atoms with Crippen LogP contribution in [-0.4, -0.2) is 59.1 Å². The van der Waals surface area contributed by atoms with Crippen molar-refractivity contribution in [3.05, 3.63) is 35.2 Å². The summed E-state index contributed by atoms with van der Waals surface area (Å²) in [4.78, 5) is 22.9. The number of benzene rings is 1. The van der Waals surface area contributed by atoms with Crippen molar-refractivity contribution in [3.8, 4) is 11.4 Å². The first-order chi connectivity index (χ1) is 13.7. The highest BCUT2D eigenvalue weighted by molar-refractivity contribution is 6.30. The highest BCUT2D eigenvalue weighted by Crippen LogP contribution is 2.18. The van der Waals surface area contributed by atoms with Crippen LogP contribution in [0.5, 0.6) is 0 Å². The minimum absolute atomic E-state index is 0.0601. The van der Waals surface area contributed by atoms with Gasteiger partial charge in [0.15, 0.2) is 5.96 Å². The molecule has 0 aliphatic rings. The molecular weight excluding hydrogens is 392 g/mol. The Kier molecular flexibility index (Phi) is 8.01. The third-order valence-electron chi connectivity index (χ3n) is 3.75. The normalized spacial score (nSPS) is 12.0. The molecule has 1 heterocycles. The largest absolute Gasteiger partial charge is 0.357 e.